The van der Waals surface area contributed by atoms with E-state index in [9.17, 15) is 9.59 Å². The molecule has 0 spiro atoms. The fourth-order valence-corrected chi connectivity index (χ4v) is 7.84. The molecule has 1 aromatic carbocycles. The number of anilines is 1. The molecule has 0 atom stereocenters. The van der Waals surface area contributed by atoms with E-state index in [-0.39, 0.29) is 29.2 Å². The maximum atomic E-state index is 13.3. The molecule has 2 aromatic heterocycles. The summed E-state index contributed by atoms with van der Waals surface area (Å²) in [6, 6.07) is 5.16. The number of amides is 1. The van der Waals surface area contributed by atoms with Crippen LogP contribution in [0.1, 0.15) is 66.7 Å². The molecule has 4 saturated carbocycles. The average Bonchev–Trinajstić information content (AvgIpc) is 3.75. The molecule has 14 nitrogen and oxygen atoms in total. The van der Waals surface area contributed by atoms with Gasteiger partial charge in [0.2, 0.25) is 11.6 Å². The number of rotatable bonds is 9. The topological polar surface area (TPSA) is 176 Å². The second-order valence-electron chi connectivity index (χ2n) is 12.2. The van der Waals surface area contributed by atoms with Crippen molar-refractivity contribution in [2.45, 2.75) is 51.5 Å². The summed E-state index contributed by atoms with van der Waals surface area (Å²) in [5, 5.41) is 19.8. The predicted molar refractivity (Wildman–Crippen MR) is 152 cm³/mol. The van der Waals surface area contributed by atoms with E-state index < -0.39 is 5.91 Å². The van der Waals surface area contributed by atoms with E-state index in [4.69, 9.17) is 19.8 Å². The van der Waals surface area contributed by atoms with Crippen LogP contribution in [0.2, 0.25) is 0 Å². The molecule has 226 valence electrons. The van der Waals surface area contributed by atoms with Gasteiger partial charge in [-0.2, -0.15) is 9.78 Å². The van der Waals surface area contributed by atoms with E-state index in [1.807, 2.05) is 0 Å². The van der Waals surface area contributed by atoms with Gasteiger partial charge in [-0.3, -0.25) is 14.5 Å². The number of ether oxygens (including phenoxy) is 2. The first-order valence-electron chi connectivity index (χ1n) is 14.9. The lowest BCUT2D eigenvalue weighted by molar-refractivity contribution is -0.152. The summed E-state index contributed by atoms with van der Waals surface area (Å²) in [6.45, 7) is 2.27. The number of nitrogens with two attached hydrogens (primary N) is 1. The molecule has 43 heavy (non-hydrogen) atoms. The van der Waals surface area contributed by atoms with Crippen LogP contribution in [0.5, 0.6) is 11.5 Å². The minimum atomic E-state index is -0.550. The summed E-state index contributed by atoms with van der Waals surface area (Å²) in [5.74, 6) is 2.54. The van der Waals surface area contributed by atoms with Gasteiger partial charge in [0, 0.05) is 6.54 Å². The van der Waals surface area contributed by atoms with Crippen LogP contribution < -0.4 is 20.6 Å². The van der Waals surface area contributed by atoms with Crippen LogP contribution in [0, 0.1) is 29.6 Å². The predicted octanol–water partition coefficient (Wildman–Crippen LogP) is 2.58. The van der Waals surface area contributed by atoms with Crippen LogP contribution in [0.3, 0.4) is 0 Å². The highest BCUT2D eigenvalue weighted by molar-refractivity contribution is 5.95. The molecule has 4 aliphatic carbocycles. The molecule has 3 N–H and O–H groups in total. The third-order valence-corrected chi connectivity index (χ3v) is 9.50. The third-order valence-electron chi connectivity index (χ3n) is 9.50. The minimum absolute atomic E-state index is 0.0219. The van der Waals surface area contributed by atoms with E-state index in [2.05, 4.69) is 36.1 Å². The number of nitrogen functional groups attached to an aromatic ring is 1. The molecule has 4 bridgehead atoms. The first kappa shape index (κ1) is 27.5. The minimum Gasteiger partial charge on any atom is -0.493 e. The molecule has 0 radical (unpaired) electrons. The molecular formula is C29H35N9O5. The second-order valence-corrected chi connectivity index (χ2v) is 12.2. The van der Waals surface area contributed by atoms with E-state index in [1.165, 1.54) is 24.4 Å². The van der Waals surface area contributed by atoms with Crippen molar-refractivity contribution in [3.05, 3.63) is 35.2 Å². The molecule has 5 fully saturated rings. The van der Waals surface area contributed by atoms with Gasteiger partial charge in [0.15, 0.2) is 17.2 Å². The van der Waals surface area contributed by atoms with Crippen LogP contribution in [0.4, 0.5) is 5.82 Å². The lowest BCUT2D eigenvalue weighted by Gasteiger charge is -2.53. The van der Waals surface area contributed by atoms with Crippen LogP contribution >= 0.6 is 0 Å². The number of hydrazone groups is 1. The Labute approximate surface area is 247 Å². The van der Waals surface area contributed by atoms with Crippen LogP contribution in [0.15, 0.2) is 27.9 Å². The molecule has 1 aliphatic heterocycles. The summed E-state index contributed by atoms with van der Waals surface area (Å²) in [5.41, 5.74) is 9.64. The first-order valence-corrected chi connectivity index (χ1v) is 14.9. The van der Waals surface area contributed by atoms with Crippen molar-refractivity contribution in [2.75, 3.05) is 25.9 Å². The zero-order valence-electron chi connectivity index (χ0n) is 24.0. The van der Waals surface area contributed by atoms with Gasteiger partial charge in [0.25, 0.3) is 5.91 Å². The van der Waals surface area contributed by atoms with Crippen molar-refractivity contribution in [1.29, 1.82) is 0 Å². The third kappa shape index (κ3) is 5.35. The number of aromatic nitrogens is 5. The van der Waals surface area contributed by atoms with Gasteiger partial charge < -0.3 is 15.2 Å². The Morgan fingerprint density at radius 3 is 2.51 bits per heavy atom. The SMILES string of the molecule is COc1cc(C=NNC(=O)c2c(CN3CCCC3)nnn2-c2nonc2N)ccc1OC(=O)C1C2CC3CC(C2)CC1C3. The Morgan fingerprint density at radius 1 is 1.09 bits per heavy atom. The Kier molecular flexibility index (Phi) is 7.29. The number of esters is 1. The molecular weight excluding hydrogens is 554 g/mol. The van der Waals surface area contributed by atoms with E-state index in [0.717, 1.165) is 63.5 Å². The number of benzene rings is 1. The Hall–Kier alpha value is -4.33. The number of nitrogens with zero attached hydrogens (tertiary/aromatic N) is 7. The molecule has 5 aliphatic rings. The number of carbonyl (C=O) groups excluding carboxylic acids is 2. The van der Waals surface area contributed by atoms with Gasteiger partial charge in [-0.25, -0.2) is 10.1 Å². The molecule has 1 saturated heterocycles. The summed E-state index contributed by atoms with van der Waals surface area (Å²) in [4.78, 5) is 28.8. The summed E-state index contributed by atoms with van der Waals surface area (Å²) in [7, 11) is 1.53. The maximum absolute atomic E-state index is 13.3. The Morgan fingerprint density at radius 2 is 1.84 bits per heavy atom. The van der Waals surface area contributed by atoms with E-state index >= 15 is 0 Å². The highest BCUT2D eigenvalue weighted by Gasteiger charge is 2.51. The lowest BCUT2D eigenvalue weighted by Crippen LogP contribution is -2.49. The molecule has 0 unspecified atom stereocenters. The summed E-state index contributed by atoms with van der Waals surface area (Å²) >= 11 is 0. The summed E-state index contributed by atoms with van der Waals surface area (Å²) < 4.78 is 17.4. The fraction of sp³-hybridized carbons (Fsp3) is 0.552. The van der Waals surface area contributed by atoms with E-state index in [1.54, 1.807) is 18.2 Å². The van der Waals surface area contributed by atoms with Crippen molar-refractivity contribution in [1.82, 2.24) is 35.6 Å². The second kappa shape index (κ2) is 11.4. The first-order chi connectivity index (χ1) is 21.0. The van der Waals surface area contributed by atoms with Crippen LogP contribution in [-0.4, -0.2) is 68.5 Å². The number of likely N-dealkylation sites (tertiary alicyclic amines) is 1. The zero-order valence-corrected chi connectivity index (χ0v) is 24.0. The zero-order chi connectivity index (χ0) is 29.5. The van der Waals surface area contributed by atoms with Crippen molar-refractivity contribution < 1.29 is 23.7 Å². The fourth-order valence-electron chi connectivity index (χ4n) is 7.84. The lowest BCUT2D eigenvalue weighted by atomic mass is 9.52. The van der Waals surface area contributed by atoms with Gasteiger partial charge in [-0.1, -0.05) is 5.21 Å². The number of hydrogen-bond acceptors (Lipinski definition) is 12. The van der Waals surface area contributed by atoms with Crippen molar-refractivity contribution in [3.63, 3.8) is 0 Å². The summed E-state index contributed by atoms with van der Waals surface area (Å²) in [6.07, 6.45) is 9.56. The quantitative estimate of drug-likeness (QED) is 0.162. The Balaban J connectivity index is 1.04. The molecule has 3 heterocycles. The van der Waals surface area contributed by atoms with Crippen molar-refractivity contribution >= 4 is 23.9 Å². The van der Waals surface area contributed by atoms with Gasteiger partial charge >= 0.3 is 5.97 Å². The number of hydrogen-bond donors (Lipinski definition) is 2. The number of carbonyl (C=O) groups is 2. The van der Waals surface area contributed by atoms with Gasteiger partial charge in [0.05, 0.1) is 19.2 Å². The normalized spacial score (nSPS) is 26.3. The largest absolute Gasteiger partial charge is 0.493 e. The van der Waals surface area contributed by atoms with Crippen molar-refractivity contribution in [3.8, 4) is 17.3 Å². The average molecular weight is 590 g/mol. The van der Waals surface area contributed by atoms with Crippen LogP contribution in [0.25, 0.3) is 5.82 Å². The van der Waals surface area contributed by atoms with Gasteiger partial charge in [0.1, 0.15) is 5.69 Å². The van der Waals surface area contributed by atoms with E-state index in [0.29, 0.717) is 41.1 Å². The highest BCUT2D eigenvalue weighted by Crippen LogP contribution is 2.56. The number of nitrogens with one attached hydrogen (secondary N) is 1. The van der Waals surface area contributed by atoms with Gasteiger partial charge in [-0.05, 0) is 116 Å². The van der Waals surface area contributed by atoms with Crippen LogP contribution in [-0.2, 0) is 11.3 Å². The molecule has 1 amide bonds. The van der Waals surface area contributed by atoms with Gasteiger partial charge in [-0.15, -0.1) is 5.10 Å². The molecule has 14 heteroatoms. The smallest absolute Gasteiger partial charge is 0.315 e. The maximum Gasteiger partial charge on any atom is 0.315 e. The van der Waals surface area contributed by atoms with Crippen molar-refractivity contribution in [2.24, 2.45) is 34.7 Å². The monoisotopic (exact) mass is 589 g/mol. The number of methoxy groups -OCH3 is 1. The molecule has 3 aromatic rings. The molecule has 8 rings (SSSR count). The highest BCUT2D eigenvalue weighted by atomic mass is 16.6. The Bertz CT molecular complexity index is 1510. The standard InChI is InChI=1S/C29H35N9O5/c1-41-23-13-16(4-5-22(23)42-29(40)24-19-9-17-8-18(11-19)12-20(24)10-17)14-31-33-28(39)25-21(15-37-6-2-3-7-37)32-36-38(25)27-26(30)34-43-35-27/h4-5,13-14,17-20,24H,2-3,6-12,15H2,1H3,(H2,30,34)(H,33,39).